The summed E-state index contributed by atoms with van der Waals surface area (Å²) in [4.78, 5) is 16.9. The van der Waals surface area contributed by atoms with Crippen LogP contribution in [-0.2, 0) is 24.2 Å². The number of nitrogens with one attached hydrogen (secondary N) is 1. The van der Waals surface area contributed by atoms with Gasteiger partial charge in [-0.15, -0.1) is 11.3 Å². The standard InChI is InChI=1S/C23H30N2O3S/c1-27-20-8-7-18(13-21(20)28-2)24-23(26)16-9-11-25(12-10-16)14-17-15-29-22-6-4-3-5-19(17)22/h7-8,13,15-16H,3-6,9-12,14H2,1-2H3,(H,24,26). The van der Waals surface area contributed by atoms with Crippen molar-refractivity contribution < 1.29 is 14.3 Å². The molecule has 1 aliphatic carbocycles. The first-order chi connectivity index (χ1) is 14.2. The number of hydrogen-bond donors (Lipinski definition) is 1. The number of anilines is 1. The molecule has 1 aliphatic heterocycles. The molecule has 5 nitrogen and oxygen atoms in total. The number of hydrogen-bond acceptors (Lipinski definition) is 5. The van der Waals surface area contributed by atoms with E-state index >= 15 is 0 Å². The maximum absolute atomic E-state index is 12.7. The Labute approximate surface area is 177 Å². The summed E-state index contributed by atoms with van der Waals surface area (Å²) in [6, 6.07) is 5.48. The predicted octanol–water partition coefficient (Wildman–Crippen LogP) is 4.49. The molecule has 1 aromatic carbocycles. The number of carbonyl (C=O) groups excluding carboxylic acids is 1. The van der Waals surface area contributed by atoms with E-state index in [1.54, 1.807) is 24.7 Å². The minimum Gasteiger partial charge on any atom is -0.493 e. The van der Waals surface area contributed by atoms with Gasteiger partial charge in [0, 0.05) is 29.1 Å². The van der Waals surface area contributed by atoms with Gasteiger partial charge in [-0.2, -0.15) is 0 Å². The number of piperidine rings is 1. The Morgan fingerprint density at radius 3 is 2.66 bits per heavy atom. The Morgan fingerprint density at radius 2 is 1.90 bits per heavy atom. The molecular weight excluding hydrogens is 384 g/mol. The highest BCUT2D eigenvalue weighted by Gasteiger charge is 2.26. The lowest BCUT2D eigenvalue weighted by atomic mass is 9.93. The third kappa shape index (κ3) is 4.59. The van der Waals surface area contributed by atoms with Crippen LogP contribution < -0.4 is 14.8 Å². The van der Waals surface area contributed by atoms with Crippen LogP contribution in [0.4, 0.5) is 5.69 Å². The molecule has 0 unspecified atom stereocenters. The fourth-order valence-electron chi connectivity index (χ4n) is 4.45. The van der Waals surface area contributed by atoms with E-state index in [2.05, 4.69) is 15.6 Å². The van der Waals surface area contributed by atoms with E-state index < -0.39 is 0 Å². The summed E-state index contributed by atoms with van der Waals surface area (Å²) in [6.45, 7) is 3.00. The molecule has 1 saturated heterocycles. The average molecular weight is 415 g/mol. The molecule has 0 spiro atoms. The van der Waals surface area contributed by atoms with Gasteiger partial charge in [0.2, 0.25) is 5.91 Å². The number of nitrogens with zero attached hydrogens (tertiary/aromatic N) is 1. The van der Waals surface area contributed by atoms with Crippen molar-refractivity contribution in [3.05, 3.63) is 39.6 Å². The van der Waals surface area contributed by atoms with Crippen molar-refractivity contribution in [2.75, 3.05) is 32.6 Å². The monoisotopic (exact) mass is 414 g/mol. The van der Waals surface area contributed by atoms with Gasteiger partial charge in [0.05, 0.1) is 14.2 Å². The van der Waals surface area contributed by atoms with Crippen molar-refractivity contribution in [2.45, 2.75) is 45.1 Å². The van der Waals surface area contributed by atoms with E-state index in [0.717, 1.165) is 38.2 Å². The van der Waals surface area contributed by atoms with Crippen LogP contribution in [0.1, 0.15) is 41.7 Å². The molecule has 2 aliphatic rings. The second-order valence-corrected chi connectivity index (χ2v) is 8.94. The lowest BCUT2D eigenvalue weighted by Crippen LogP contribution is -2.37. The Balaban J connectivity index is 1.30. The molecule has 0 saturated carbocycles. The molecule has 1 aromatic heterocycles. The number of methoxy groups -OCH3 is 2. The van der Waals surface area contributed by atoms with Gasteiger partial charge in [-0.25, -0.2) is 0 Å². The van der Waals surface area contributed by atoms with Crippen LogP contribution in [0.15, 0.2) is 23.6 Å². The minimum atomic E-state index is 0.0655. The van der Waals surface area contributed by atoms with Gasteiger partial charge < -0.3 is 14.8 Å². The molecule has 1 amide bonds. The van der Waals surface area contributed by atoms with Crippen LogP contribution in [0, 0.1) is 5.92 Å². The predicted molar refractivity (Wildman–Crippen MR) is 117 cm³/mol. The number of ether oxygens (including phenoxy) is 2. The second kappa shape index (κ2) is 9.18. The zero-order valence-electron chi connectivity index (χ0n) is 17.3. The molecule has 29 heavy (non-hydrogen) atoms. The summed E-state index contributed by atoms with van der Waals surface area (Å²) in [5.41, 5.74) is 3.90. The molecule has 6 heteroatoms. The number of thiophene rings is 1. The molecule has 0 atom stereocenters. The molecule has 2 aromatic rings. The van der Waals surface area contributed by atoms with Crippen LogP contribution >= 0.6 is 11.3 Å². The summed E-state index contributed by atoms with van der Waals surface area (Å²) >= 11 is 1.94. The third-order valence-corrected chi connectivity index (χ3v) is 7.29. The van der Waals surface area contributed by atoms with Gasteiger partial charge in [0.15, 0.2) is 11.5 Å². The van der Waals surface area contributed by atoms with Gasteiger partial charge in [-0.3, -0.25) is 9.69 Å². The molecule has 1 N–H and O–H groups in total. The zero-order chi connectivity index (χ0) is 20.2. The van der Waals surface area contributed by atoms with Gasteiger partial charge in [0.25, 0.3) is 0 Å². The molecule has 0 bridgehead atoms. The first kappa shape index (κ1) is 20.2. The number of amides is 1. The summed E-state index contributed by atoms with van der Waals surface area (Å²) in [6.07, 6.45) is 7.00. The van der Waals surface area contributed by atoms with Crippen molar-refractivity contribution in [3.8, 4) is 11.5 Å². The highest BCUT2D eigenvalue weighted by atomic mass is 32.1. The summed E-state index contributed by atoms with van der Waals surface area (Å²) in [5.74, 6) is 1.45. The number of fused-ring (bicyclic) bond motifs is 1. The van der Waals surface area contributed by atoms with Gasteiger partial charge in [0.1, 0.15) is 0 Å². The molecule has 4 rings (SSSR count). The Morgan fingerprint density at radius 1 is 1.14 bits per heavy atom. The fraction of sp³-hybridized carbons (Fsp3) is 0.522. The van der Waals surface area contributed by atoms with Crippen LogP contribution in [0.5, 0.6) is 11.5 Å². The van der Waals surface area contributed by atoms with Crippen molar-refractivity contribution in [3.63, 3.8) is 0 Å². The highest BCUT2D eigenvalue weighted by Crippen LogP contribution is 2.32. The quantitative estimate of drug-likeness (QED) is 0.756. The normalized spacial score (nSPS) is 17.6. The van der Waals surface area contributed by atoms with Gasteiger partial charge in [-0.1, -0.05) is 0 Å². The maximum atomic E-state index is 12.7. The van der Waals surface area contributed by atoms with E-state index in [4.69, 9.17) is 9.47 Å². The van der Waals surface area contributed by atoms with Crippen molar-refractivity contribution in [1.29, 1.82) is 0 Å². The number of aryl methyl sites for hydroxylation is 1. The molecular formula is C23H30N2O3S. The zero-order valence-corrected chi connectivity index (χ0v) is 18.1. The lowest BCUT2D eigenvalue weighted by Gasteiger charge is -2.31. The highest BCUT2D eigenvalue weighted by molar-refractivity contribution is 7.10. The first-order valence-corrected chi connectivity index (χ1v) is 11.4. The van der Waals surface area contributed by atoms with Crippen molar-refractivity contribution in [2.24, 2.45) is 5.92 Å². The minimum absolute atomic E-state index is 0.0655. The number of rotatable bonds is 6. The van der Waals surface area contributed by atoms with Crippen molar-refractivity contribution in [1.82, 2.24) is 4.90 Å². The van der Waals surface area contributed by atoms with Gasteiger partial charge >= 0.3 is 0 Å². The second-order valence-electron chi connectivity index (χ2n) is 7.98. The molecule has 0 radical (unpaired) electrons. The van der Waals surface area contributed by atoms with Gasteiger partial charge in [-0.05, 0) is 80.3 Å². The lowest BCUT2D eigenvalue weighted by molar-refractivity contribution is -0.121. The number of carbonyl (C=O) groups is 1. The third-order valence-electron chi connectivity index (χ3n) is 6.15. The van der Waals surface area contributed by atoms with Crippen molar-refractivity contribution >= 4 is 22.9 Å². The number of likely N-dealkylation sites (tertiary alicyclic amines) is 1. The van der Waals surface area contributed by atoms with E-state index in [0.29, 0.717) is 11.5 Å². The van der Waals surface area contributed by atoms with Crippen LogP contribution in [0.25, 0.3) is 0 Å². The van der Waals surface area contributed by atoms with E-state index in [1.807, 2.05) is 29.5 Å². The van der Waals surface area contributed by atoms with Crippen LogP contribution in [0.3, 0.4) is 0 Å². The van der Waals surface area contributed by atoms with Crippen LogP contribution in [0.2, 0.25) is 0 Å². The first-order valence-electron chi connectivity index (χ1n) is 10.5. The summed E-state index contributed by atoms with van der Waals surface area (Å²) < 4.78 is 10.6. The number of benzene rings is 1. The molecule has 156 valence electrons. The van der Waals surface area contributed by atoms with E-state index in [9.17, 15) is 4.79 Å². The topological polar surface area (TPSA) is 50.8 Å². The van der Waals surface area contributed by atoms with Crippen LogP contribution in [-0.4, -0.2) is 38.1 Å². The molecule has 2 heterocycles. The Kier molecular flexibility index (Phi) is 6.40. The summed E-state index contributed by atoms with van der Waals surface area (Å²) in [5, 5.41) is 5.41. The van der Waals surface area contributed by atoms with E-state index in [1.165, 1.54) is 31.2 Å². The Bertz CT molecular complexity index is 856. The largest absolute Gasteiger partial charge is 0.493 e. The molecule has 1 fully saturated rings. The fourth-order valence-corrected chi connectivity index (χ4v) is 5.58. The average Bonchev–Trinajstić information content (AvgIpc) is 3.17. The SMILES string of the molecule is COc1ccc(NC(=O)C2CCN(Cc3csc4c3CCCC4)CC2)cc1OC. The Hall–Kier alpha value is -2.05. The summed E-state index contributed by atoms with van der Waals surface area (Å²) in [7, 11) is 3.21. The van der Waals surface area contributed by atoms with E-state index in [-0.39, 0.29) is 11.8 Å². The maximum Gasteiger partial charge on any atom is 0.227 e. The smallest absolute Gasteiger partial charge is 0.227 e.